The zero-order valence-electron chi connectivity index (χ0n) is 24.8. The minimum absolute atomic E-state index is 0.000401. The molecule has 1 aromatic rings. The maximum atomic E-state index is 12.7. The largest absolute Gasteiger partial charge is 0.431 e. The molecule has 1 aliphatic heterocycles. The predicted molar refractivity (Wildman–Crippen MR) is 155 cm³/mol. The summed E-state index contributed by atoms with van der Waals surface area (Å²) >= 11 is 0. The van der Waals surface area contributed by atoms with Crippen molar-refractivity contribution in [2.24, 2.45) is 22.7 Å². The number of rotatable bonds is 5. The number of nitrogens with one attached hydrogen (secondary N) is 2. The van der Waals surface area contributed by atoms with E-state index in [1.807, 2.05) is 22.9 Å². The Labute approximate surface area is 242 Å². The summed E-state index contributed by atoms with van der Waals surface area (Å²) in [5.74, 6) is 0.968. The van der Waals surface area contributed by atoms with Gasteiger partial charge in [0.2, 0.25) is 5.91 Å². The molecular formula is C32H46N4O5. The van der Waals surface area contributed by atoms with Crippen LogP contribution in [0.3, 0.4) is 0 Å². The van der Waals surface area contributed by atoms with Crippen molar-refractivity contribution in [3.05, 3.63) is 46.0 Å². The van der Waals surface area contributed by atoms with E-state index in [0.717, 1.165) is 63.5 Å². The van der Waals surface area contributed by atoms with Crippen LogP contribution in [0.5, 0.6) is 0 Å². The average molecular weight is 567 g/mol. The molecule has 0 radical (unpaired) electrons. The Hall–Kier alpha value is -2.65. The second-order valence-electron chi connectivity index (χ2n) is 13.9. The van der Waals surface area contributed by atoms with Crippen molar-refractivity contribution >= 4 is 11.9 Å². The molecule has 3 amide bonds. The smallest absolute Gasteiger partial charge is 0.335 e. The number of fused-ring (bicyclic) bond motifs is 5. The Morgan fingerprint density at radius 1 is 1.07 bits per heavy atom. The second kappa shape index (κ2) is 10.6. The number of urea groups is 1. The normalized spacial score (nSPS) is 38.9. The lowest BCUT2D eigenvalue weighted by Gasteiger charge is -2.62. The average Bonchev–Trinajstić information content (AvgIpc) is 3.21. The molecule has 4 fully saturated rings. The van der Waals surface area contributed by atoms with Crippen molar-refractivity contribution < 1.29 is 19.1 Å². The number of hydrogen-bond acceptors (Lipinski definition) is 6. The molecule has 0 unspecified atom stereocenters. The molecule has 6 rings (SSSR count). The molecule has 5 aliphatic rings. The van der Waals surface area contributed by atoms with Crippen LogP contribution in [-0.4, -0.2) is 78.3 Å². The molecule has 1 aromatic heterocycles. The van der Waals surface area contributed by atoms with Crippen LogP contribution in [0.25, 0.3) is 0 Å². The molecule has 224 valence electrons. The lowest BCUT2D eigenvalue weighted by molar-refractivity contribution is -0.177. The minimum atomic E-state index is -0.731. The zero-order valence-corrected chi connectivity index (χ0v) is 24.8. The highest BCUT2D eigenvalue weighted by atomic mass is 16.4. The van der Waals surface area contributed by atoms with E-state index in [2.05, 4.69) is 30.6 Å². The van der Waals surface area contributed by atoms with Gasteiger partial charge in [-0.2, -0.15) is 0 Å². The van der Waals surface area contributed by atoms with E-state index < -0.39 is 5.60 Å². The van der Waals surface area contributed by atoms with Crippen molar-refractivity contribution in [2.75, 3.05) is 39.8 Å². The Kier molecular flexibility index (Phi) is 7.34. The minimum Gasteiger partial charge on any atom is -0.431 e. The topological polar surface area (TPSA) is 115 Å². The van der Waals surface area contributed by atoms with Crippen molar-refractivity contribution in [3.8, 4) is 0 Å². The number of aliphatic hydroxyl groups is 1. The molecule has 7 atom stereocenters. The van der Waals surface area contributed by atoms with Crippen molar-refractivity contribution in [2.45, 2.75) is 82.8 Å². The summed E-state index contributed by atoms with van der Waals surface area (Å²) in [6, 6.07) is 3.21. The van der Waals surface area contributed by atoms with Crippen LogP contribution in [0.1, 0.15) is 76.7 Å². The third-order valence-electron chi connectivity index (χ3n) is 11.9. The van der Waals surface area contributed by atoms with Crippen molar-refractivity contribution in [1.82, 2.24) is 20.4 Å². The van der Waals surface area contributed by atoms with Gasteiger partial charge in [0, 0.05) is 43.7 Å². The lowest BCUT2D eigenvalue weighted by atomic mass is 9.45. The zero-order chi connectivity index (χ0) is 29.0. The van der Waals surface area contributed by atoms with E-state index in [-0.39, 0.29) is 46.3 Å². The maximum absolute atomic E-state index is 12.7. The van der Waals surface area contributed by atoms with Gasteiger partial charge >= 0.3 is 11.7 Å². The van der Waals surface area contributed by atoms with Crippen LogP contribution in [0, 0.1) is 22.7 Å². The molecule has 4 aliphatic carbocycles. The van der Waals surface area contributed by atoms with Gasteiger partial charge in [0.1, 0.15) is 0 Å². The number of likely N-dealkylation sites (N-methyl/N-ethyl adjacent to an activating group) is 1. The SMILES string of the molecule is CN1CCN(CCNC(=O)N[C@@H]2C=C3CC[C@@H]4[C@H](CC[C@]5(C)[C@@H](c6ccc(=O)oc6)CC[C@]45O)[C@@]3(C)CC2)C(=O)C1. The summed E-state index contributed by atoms with van der Waals surface area (Å²) in [6.07, 6.45) is 11.4. The number of amides is 3. The van der Waals surface area contributed by atoms with Gasteiger partial charge < -0.3 is 25.1 Å². The van der Waals surface area contributed by atoms with Gasteiger partial charge in [0.25, 0.3) is 0 Å². The molecule has 0 aromatic carbocycles. The van der Waals surface area contributed by atoms with E-state index in [0.29, 0.717) is 32.1 Å². The number of allylic oxidation sites excluding steroid dienone is 1. The monoisotopic (exact) mass is 566 g/mol. The lowest BCUT2D eigenvalue weighted by Crippen LogP contribution is -2.60. The molecule has 0 spiro atoms. The summed E-state index contributed by atoms with van der Waals surface area (Å²) in [5.41, 5.74) is 1.20. The molecule has 2 heterocycles. The van der Waals surface area contributed by atoms with E-state index in [1.54, 1.807) is 6.26 Å². The number of piperazine rings is 1. The van der Waals surface area contributed by atoms with Crippen LogP contribution in [-0.2, 0) is 4.79 Å². The second-order valence-corrected chi connectivity index (χ2v) is 13.9. The summed E-state index contributed by atoms with van der Waals surface area (Å²) in [7, 11) is 1.95. The Morgan fingerprint density at radius 3 is 2.66 bits per heavy atom. The van der Waals surface area contributed by atoms with Gasteiger partial charge in [0.15, 0.2) is 0 Å². The van der Waals surface area contributed by atoms with E-state index >= 15 is 0 Å². The van der Waals surface area contributed by atoms with Gasteiger partial charge in [-0.3, -0.25) is 9.69 Å². The summed E-state index contributed by atoms with van der Waals surface area (Å²) in [4.78, 5) is 40.3. The fourth-order valence-electron chi connectivity index (χ4n) is 9.50. The number of hydrogen-bond donors (Lipinski definition) is 3. The molecule has 0 bridgehead atoms. The Balaban J connectivity index is 1.09. The van der Waals surface area contributed by atoms with Crippen LogP contribution < -0.4 is 16.3 Å². The van der Waals surface area contributed by atoms with Crippen molar-refractivity contribution in [1.29, 1.82) is 0 Å². The molecule has 1 saturated heterocycles. The van der Waals surface area contributed by atoms with Gasteiger partial charge in [-0.05, 0) is 93.2 Å². The van der Waals surface area contributed by atoms with Crippen molar-refractivity contribution in [3.63, 3.8) is 0 Å². The molecule has 9 nitrogen and oxygen atoms in total. The third kappa shape index (κ3) is 4.83. The number of carbonyl (C=O) groups is 2. The first kappa shape index (κ1) is 28.5. The highest BCUT2D eigenvalue weighted by Gasteiger charge is 2.66. The highest BCUT2D eigenvalue weighted by Crippen LogP contribution is 2.70. The van der Waals surface area contributed by atoms with Crippen LogP contribution in [0.15, 0.2) is 39.3 Å². The summed E-state index contributed by atoms with van der Waals surface area (Å²) in [5, 5.41) is 18.5. The number of carbonyl (C=O) groups excluding carboxylic acids is 2. The first-order valence-electron chi connectivity index (χ1n) is 15.6. The fraction of sp³-hybridized carbons (Fsp3) is 0.719. The Morgan fingerprint density at radius 2 is 1.90 bits per heavy atom. The molecule has 41 heavy (non-hydrogen) atoms. The van der Waals surface area contributed by atoms with E-state index in [4.69, 9.17) is 4.42 Å². The first-order valence-corrected chi connectivity index (χ1v) is 15.6. The Bertz CT molecular complexity index is 1260. The van der Waals surface area contributed by atoms with Crippen LogP contribution in [0.2, 0.25) is 0 Å². The van der Waals surface area contributed by atoms with Gasteiger partial charge in [-0.1, -0.05) is 25.5 Å². The third-order valence-corrected chi connectivity index (χ3v) is 11.9. The van der Waals surface area contributed by atoms with E-state index in [1.165, 1.54) is 11.6 Å². The van der Waals surface area contributed by atoms with Gasteiger partial charge in [0.05, 0.1) is 18.4 Å². The molecule has 3 saturated carbocycles. The number of nitrogens with zero attached hydrogens (tertiary/aromatic N) is 2. The van der Waals surface area contributed by atoms with Crippen LogP contribution >= 0.6 is 0 Å². The predicted octanol–water partition coefficient (Wildman–Crippen LogP) is 3.24. The molecule has 3 N–H and O–H groups in total. The van der Waals surface area contributed by atoms with Gasteiger partial charge in [-0.25, -0.2) is 9.59 Å². The summed E-state index contributed by atoms with van der Waals surface area (Å²) < 4.78 is 5.22. The standard InChI is InChI=1S/C32H46N4O5/c1-30-11-8-23(34-29(39)33-14-15-36-17-16-35(3)19-27(36)37)18-22(30)5-6-26-25(30)9-12-31(2)24(10-13-32(26,31)40)21-4-7-28(38)41-20-21/h4,7,18,20,23-26,40H,5-6,8-17,19H2,1-3H3,(H2,33,34,39)/t23-,24+,25-,26+,30-,31+,32-/m0/s1. The fourth-order valence-corrected chi connectivity index (χ4v) is 9.50. The molecular weight excluding hydrogens is 520 g/mol. The quantitative estimate of drug-likeness (QED) is 0.472. The van der Waals surface area contributed by atoms with Crippen LogP contribution in [0.4, 0.5) is 4.79 Å². The van der Waals surface area contributed by atoms with Gasteiger partial charge in [-0.15, -0.1) is 0 Å². The first-order chi connectivity index (χ1) is 19.5. The maximum Gasteiger partial charge on any atom is 0.335 e. The molecule has 9 heteroatoms. The highest BCUT2D eigenvalue weighted by molar-refractivity contribution is 5.79. The van der Waals surface area contributed by atoms with E-state index in [9.17, 15) is 19.5 Å². The summed E-state index contributed by atoms with van der Waals surface area (Å²) in [6.45, 7) is 7.63.